The first-order valence-electron chi connectivity index (χ1n) is 1.79. The zero-order valence-electron chi connectivity index (χ0n) is 3.67. The SMILES string of the molecule is O=c1[nH]c(=O)n([O-])[nH]1. The summed E-state index contributed by atoms with van der Waals surface area (Å²) in [6.07, 6.45) is 0. The monoisotopic (exact) mass is 116 g/mol. The Morgan fingerprint density at radius 2 is 2.12 bits per heavy atom. The molecule has 6 heteroatoms. The van der Waals surface area contributed by atoms with Crippen molar-refractivity contribution in [2.24, 2.45) is 0 Å². The third-order valence-corrected chi connectivity index (χ3v) is 0.608. The molecule has 1 rings (SSSR count). The molecule has 0 aliphatic carbocycles. The van der Waals surface area contributed by atoms with E-state index in [0.717, 1.165) is 0 Å². The number of nitrogens with one attached hydrogen (secondary N) is 2. The van der Waals surface area contributed by atoms with Gasteiger partial charge in [-0.25, -0.2) is 14.7 Å². The number of hydrogen-bond donors (Lipinski definition) is 2. The molecule has 8 heavy (non-hydrogen) atoms. The second kappa shape index (κ2) is 1.25. The van der Waals surface area contributed by atoms with Crippen LogP contribution in [0.5, 0.6) is 0 Å². The average Bonchev–Trinajstić information content (AvgIpc) is 1.85. The first-order valence-corrected chi connectivity index (χ1v) is 1.79. The summed E-state index contributed by atoms with van der Waals surface area (Å²) in [6, 6.07) is 0. The van der Waals surface area contributed by atoms with Gasteiger partial charge in [0.05, 0.1) is 0 Å². The molecule has 0 saturated carbocycles. The lowest BCUT2D eigenvalue weighted by Gasteiger charge is -1.96. The van der Waals surface area contributed by atoms with Crippen molar-refractivity contribution in [3.63, 3.8) is 0 Å². The van der Waals surface area contributed by atoms with E-state index in [4.69, 9.17) is 0 Å². The molecule has 0 aliphatic heterocycles. The molecule has 0 aliphatic rings. The fraction of sp³-hybridized carbons (Fsp3) is 0. The highest BCUT2D eigenvalue weighted by Gasteiger charge is 1.84. The van der Waals surface area contributed by atoms with E-state index in [1.807, 2.05) is 0 Å². The van der Waals surface area contributed by atoms with Crippen LogP contribution in [0, 0.1) is 5.21 Å². The molecule has 6 nitrogen and oxygen atoms in total. The quantitative estimate of drug-likeness (QED) is 0.419. The molecule has 2 N–H and O–H groups in total. The van der Waals surface area contributed by atoms with Crippen molar-refractivity contribution in [2.45, 2.75) is 0 Å². The van der Waals surface area contributed by atoms with Gasteiger partial charge in [-0.05, 0) is 0 Å². The van der Waals surface area contributed by atoms with Crippen molar-refractivity contribution >= 4 is 0 Å². The van der Waals surface area contributed by atoms with Gasteiger partial charge in [0.25, 0.3) is 0 Å². The lowest BCUT2D eigenvalue weighted by molar-refractivity contribution is 0.839. The van der Waals surface area contributed by atoms with Crippen LogP contribution >= 0.6 is 0 Å². The number of hydrogen-bond acceptors (Lipinski definition) is 3. The van der Waals surface area contributed by atoms with E-state index in [9.17, 15) is 14.8 Å². The molecule has 0 bridgehead atoms. The van der Waals surface area contributed by atoms with Crippen LogP contribution in [-0.2, 0) is 0 Å². The minimum Gasteiger partial charge on any atom is -0.788 e. The van der Waals surface area contributed by atoms with E-state index in [1.54, 1.807) is 10.1 Å². The van der Waals surface area contributed by atoms with Gasteiger partial charge in [0, 0.05) is 0 Å². The van der Waals surface area contributed by atoms with Crippen LogP contribution in [0.1, 0.15) is 0 Å². The number of aromatic amines is 2. The van der Waals surface area contributed by atoms with Gasteiger partial charge >= 0.3 is 11.4 Å². The molecular formula is C2H2N3O3-. The predicted molar refractivity (Wildman–Crippen MR) is 24.4 cm³/mol. The van der Waals surface area contributed by atoms with E-state index in [2.05, 4.69) is 0 Å². The molecule has 0 saturated heterocycles. The highest BCUT2D eigenvalue weighted by molar-refractivity contribution is 4.62. The molecule has 0 radical (unpaired) electrons. The van der Waals surface area contributed by atoms with Gasteiger partial charge in [0.1, 0.15) is 0 Å². The Bertz CT molecular complexity index is 277. The summed E-state index contributed by atoms with van der Waals surface area (Å²) in [6.45, 7) is 0. The van der Waals surface area contributed by atoms with Crippen LogP contribution < -0.4 is 11.4 Å². The molecule has 44 valence electrons. The van der Waals surface area contributed by atoms with E-state index in [0.29, 0.717) is 0 Å². The van der Waals surface area contributed by atoms with Crippen LogP contribution in [0.25, 0.3) is 0 Å². The van der Waals surface area contributed by atoms with Crippen LogP contribution in [0.3, 0.4) is 0 Å². The average molecular weight is 116 g/mol. The van der Waals surface area contributed by atoms with Gasteiger partial charge in [0.15, 0.2) is 0 Å². The van der Waals surface area contributed by atoms with Crippen LogP contribution in [0.2, 0.25) is 0 Å². The summed E-state index contributed by atoms with van der Waals surface area (Å²) in [5, 5.41) is 11.6. The minimum absolute atomic E-state index is 0.178. The highest BCUT2D eigenvalue weighted by atomic mass is 16.5. The Morgan fingerprint density at radius 1 is 1.50 bits per heavy atom. The van der Waals surface area contributed by atoms with Gasteiger partial charge in [-0.2, -0.15) is 0 Å². The first kappa shape index (κ1) is 4.69. The van der Waals surface area contributed by atoms with Crippen LogP contribution in [0.4, 0.5) is 0 Å². The Labute approximate surface area is 42.3 Å². The Kier molecular flexibility index (Phi) is 0.736. The predicted octanol–water partition coefficient (Wildman–Crippen LogP) is -1.79. The second-order valence-corrected chi connectivity index (χ2v) is 1.17. The first-order chi connectivity index (χ1) is 3.70. The number of nitrogens with zero attached hydrogens (tertiary/aromatic N) is 1. The molecule has 0 aromatic carbocycles. The molecular weight excluding hydrogens is 114 g/mol. The summed E-state index contributed by atoms with van der Waals surface area (Å²) < 4.78 is 0. The topological polar surface area (TPSA) is 93.7 Å². The summed E-state index contributed by atoms with van der Waals surface area (Å²) in [4.78, 5) is 21.5. The van der Waals surface area contributed by atoms with Crippen LogP contribution in [0.15, 0.2) is 9.59 Å². The van der Waals surface area contributed by atoms with Gasteiger partial charge in [0.2, 0.25) is 0 Å². The maximum atomic E-state index is 10.0. The molecule has 1 aromatic heterocycles. The third kappa shape index (κ3) is 0.512. The van der Waals surface area contributed by atoms with Gasteiger partial charge in [-0.3, -0.25) is 9.83 Å². The molecule has 0 spiro atoms. The number of aromatic nitrogens is 3. The molecule has 0 amide bonds. The summed E-state index contributed by atoms with van der Waals surface area (Å²) >= 11 is 0. The highest BCUT2D eigenvalue weighted by Crippen LogP contribution is 1.48. The van der Waals surface area contributed by atoms with E-state index in [1.165, 1.54) is 0 Å². The standard InChI is InChI=1S/C2H2N3O3/c6-1-3-2(7)5(8)4-1/h(H2,3,4,6,7)/q-1. The number of rotatable bonds is 0. The number of H-pyrrole nitrogens is 2. The molecule has 1 aromatic rings. The fourth-order valence-corrected chi connectivity index (χ4v) is 0.319. The van der Waals surface area contributed by atoms with Crippen molar-refractivity contribution in [3.05, 3.63) is 26.2 Å². The van der Waals surface area contributed by atoms with Crippen molar-refractivity contribution < 1.29 is 0 Å². The van der Waals surface area contributed by atoms with Crippen molar-refractivity contribution in [1.82, 2.24) is 14.9 Å². The smallest absolute Gasteiger partial charge is 0.341 e. The van der Waals surface area contributed by atoms with Gasteiger partial charge < -0.3 is 5.21 Å². The normalized spacial score (nSPS) is 9.50. The Morgan fingerprint density at radius 3 is 2.25 bits per heavy atom. The third-order valence-electron chi connectivity index (χ3n) is 0.608. The van der Waals surface area contributed by atoms with E-state index < -0.39 is 11.4 Å². The van der Waals surface area contributed by atoms with Crippen molar-refractivity contribution in [3.8, 4) is 0 Å². The minimum atomic E-state index is -0.977. The van der Waals surface area contributed by atoms with Crippen LogP contribution in [-0.4, -0.2) is 14.9 Å². The summed E-state index contributed by atoms with van der Waals surface area (Å²) in [5.74, 6) is 0. The molecule has 0 fully saturated rings. The Balaban J connectivity index is 3.59. The molecule has 1 heterocycles. The largest absolute Gasteiger partial charge is 0.788 e. The van der Waals surface area contributed by atoms with Gasteiger partial charge in [-0.1, -0.05) is 0 Å². The second-order valence-electron chi connectivity index (χ2n) is 1.17. The zero-order chi connectivity index (χ0) is 6.15. The maximum Gasteiger partial charge on any atom is 0.341 e. The summed E-state index contributed by atoms with van der Waals surface area (Å²) in [7, 11) is 0. The lowest BCUT2D eigenvalue weighted by atomic mass is 11.2. The van der Waals surface area contributed by atoms with E-state index in [-0.39, 0.29) is 4.85 Å². The summed E-state index contributed by atoms with van der Waals surface area (Å²) in [5.41, 5.74) is -1.76. The maximum absolute atomic E-state index is 10.0. The van der Waals surface area contributed by atoms with Gasteiger partial charge in [-0.15, -0.1) is 0 Å². The molecule has 0 atom stereocenters. The van der Waals surface area contributed by atoms with E-state index >= 15 is 0 Å². The lowest BCUT2D eigenvalue weighted by Crippen LogP contribution is -2.12. The molecule has 0 unspecified atom stereocenters. The fourth-order valence-electron chi connectivity index (χ4n) is 0.319. The van der Waals surface area contributed by atoms with Crippen molar-refractivity contribution in [1.29, 1.82) is 0 Å². The zero-order valence-corrected chi connectivity index (χ0v) is 3.67. The Hall–Kier alpha value is -1.46. The van der Waals surface area contributed by atoms with Crippen molar-refractivity contribution in [2.75, 3.05) is 0 Å².